The van der Waals surface area contributed by atoms with E-state index in [1.165, 1.54) is 24.3 Å². The fourth-order valence-electron chi connectivity index (χ4n) is 2.04. The Morgan fingerprint density at radius 2 is 1.84 bits per heavy atom. The van der Waals surface area contributed by atoms with Crippen LogP contribution in [-0.2, 0) is 9.53 Å². The first-order valence-electron chi connectivity index (χ1n) is 7.32. The van der Waals surface area contributed by atoms with E-state index in [2.05, 4.69) is 5.32 Å². The Bertz CT molecular complexity index is 829. The number of halogens is 2. The molecule has 2 aromatic rings. The van der Waals surface area contributed by atoms with Gasteiger partial charge in [0.25, 0.3) is 5.91 Å². The molecule has 0 fully saturated rings. The largest absolute Gasteiger partial charge is 0.452 e. The molecule has 0 radical (unpaired) electrons. The van der Waals surface area contributed by atoms with Gasteiger partial charge in [-0.3, -0.25) is 4.79 Å². The lowest BCUT2D eigenvalue weighted by Gasteiger charge is -2.15. The van der Waals surface area contributed by atoms with Gasteiger partial charge in [-0.15, -0.1) is 0 Å². The van der Waals surface area contributed by atoms with Crippen molar-refractivity contribution in [1.29, 1.82) is 5.26 Å². The van der Waals surface area contributed by atoms with Crippen LogP contribution in [0.2, 0.25) is 10.0 Å². The Kier molecular flexibility index (Phi) is 6.40. The minimum atomic E-state index is -0.637. The van der Waals surface area contributed by atoms with E-state index in [0.717, 1.165) is 5.56 Å². The molecule has 0 aliphatic heterocycles. The molecule has 1 atom stereocenters. The Morgan fingerprint density at radius 3 is 2.44 bits per heavy atom. The zero-order valence-electron chi connectivity index (χ0n) is 13.3. The smallest absolute Gasteiger partial charge is 0.338 e. The van der Waals surface area contributed by atoms with Crippen molar-refractivity contribution in [3.8, 4) is 6.07 Å². The van der Waals surface area contributed by atoms with Crippen LogP contribution in [0.25, 0.3) is 0 Å². The molecule has 0 saturated heterocycles. The molecule has 25 heavy (non-hydrogen) atoms. The lowest BCUT2D eigenvalue weighted by molar-refractivity contribution is -0.124. The van der Waals surface area contributed by atoms with Gasteiger partial charge >= 0.3 is 5.97 Å². The highest BCUT2D eigenvalue weighted by molar-refractivity contribution is 6.42. The zero-order valence-corrected chi connectivity index (χ0v) is 14.8. The van der Waals surface area contributed by atoms with Crippen LogP contribution in [-0.4, -0.2) is 18.5 Å². The van der Waals surface area contributed by atoms with Crippen LogP contribution >= 0.6 is 23.2 Å². The molecule has 0 heterocycles. The fourth-order valence-corrected chi connectivity index (χ4v) is 2.35. The van der Waals surface area contributed by atoms with Gasteiger partial charge in [0.05, 0.1) is 33.3 Å². The van der Waals surface area contributed by atoms with Crippen LogP contribution in [0, 0.1) is 11.3 Å². The van der Waals surface area contributed by atoms with Gasteiger partial charge in [-0.2, -0.15) is 5.26 Å². The maximum Gasteiger partial charge on any atom is 0.338 e. The monoisotopic (exact) mass is 376 g/mol. The Labute approximate surface area is 155 Å². The van der Waals surface area contributed by atoms with Crippen molar-refractivity contribution in [3.63, 3.8) is 0 Å². The second-order valence-corrected chi connectivity index (χ2v) is 6.04. The van der Waals surface area contributed by atoms with E-state index in [1.807, 2.05) is 6.07 Å². The van der Waals surface area contributed by atoms with Gasteiger partial charge in [0.15, 0.2) is 6.61 Å². The molecule has 1 N–H and O–H groups in total. The van der Waals surface area contributed by atoms with Crippen LogP contribution in [0.1, 0.15) is 34.5 Å². The molecular weight excluding hydrogens is 363 g/mol. The number of nitrogens with one attached hydrogen (secondary N) is 1. The first-order valence-corrected chi connectivity index (χ1v) is 8.08. The Morgan fingerprint density at radius 1 is 1.16 bits per heavy atom. The van der Waals surface area contributed by atoms with Gasteiger partial charge in [0.2, 0.25) is 0 Å². The molecule has 0 aromatic heterocycles. The number of carbonyl (C=O) groups excluding carboxylic acids is 2. The lowest BCUT2D eigenvalue weighted by Crippen LogP contribution is -2.31. The molecule has 0 aliphatic rings. The van der Waals surface area contributed by atoms with Crippen LogP contribution in [0.3, 0.4) is 0 Å². The summed E-state index contributed by atoms with van der Waals surface area (Å²) in [5.74, 6) is -1.08. The van der Waals surface area contributed by atoms with E-state index in [0.29, 0.717) is 15.6 Å². The standard InChI is InChI=1S/C18H14Cl2N2O3/c1-11(14-6-7-15(19)16(20)8-14)22-17(23)10-25-18(24)13-4-2-12(9-21)3-5-13/h2-8,11H,10H2,1H3,(H,22,23)/t11-/m0/s1. The topological polar surface area (TPSA) is 79.2 Å². The van der Waals surface area contributed by atoms with Gasteiger partial charge in [-0.25, -0.2) is 4.79 Å². The maximum absolute atomic E-state index is 11.9. The number of amides is 1. The summed E-state index contributed by atoms with van der Waals surface area (Å²) in [6, 6.07) is 12.6. The minimum absolute atomic E-state index is 0.268. The van der Waals surface area contributed by atoms with Crippen molar-refractivity contribution in [1.82, 2.24) is 5.32 Å². The van der Waals surface area contributed by atoms with Crippen molar-refractivity contribution in [3.05, 3.63) is 69.2 Å². The molecule has 0 bridgehead atoms. The van der Waals surface area contributed by atoms with E-state index >= 15 is 0 Å². The van der Waals surface area contributed by atoms with Crippen LogP contribution in [0.4, 0.5) is 0 Å². The maximum atomic E-state index is 11.9. The quantitative estimate of drug-likeness (QED) is 0.802. The van der Waals surface area contributed by atoms with Crippen molar-refractivity contribution in [2.24, 2.45) is 0 Å². The molecule has 0 aliphatic carbocycles. The number of hydrogen-bond donors (Lipinski definition) is 1. The van der Waals surface area contributed by atoms with Crippen LogP contribution in [0.15, 0.2) is 42.5 Å². The van der Waals surface area contributed by atoms with Gasteiger partial charge < -0.3 is 10.1 Å². The summed E-state index contributed by atoms with van der Waals surface area (Å²) in [5.41, 5.74) is 1.48. The molecule has 0 unspecified atom stereocenters. The summed E-state index contributed by atoms with van der Waals surface area (Å²) in [7, 11) is 0. The molecule has 0 spiro atoms. The van der Waals surface area contributed by atoms with E-state index in [-0.39, 0.29) is 11.6 Å². The molecule has 128 valence electrons. The van der Waals surface area contributed by atoms with E-state index in [4.69, 9.17) is 33.2 Å². The average molecular weight is 377 g/mol. The third kappa shape index (κ3) is 5.21. The predicted octanol–water partition coefficient (Wildman–Crippen LogP) is 3.90. The summed E-state index contributed by atoms with van der Waals surface area (Å²) in [6.07, 6.45) is 0. The first-order chi connectivity index (χ1) is 11.9. The van der Waals surface area contributed by atoms with E-state index < -0.39 is 18.5 Å². The number of carbonyl (C=O) groups is 2. The molecule has 5 nitrogen and oxygen atoms in total. The fraction of sp³-hybridized carbons (Fsp3) is 0.167. The van der Waals surface area contributed by atoms with Crippen LogP contribution < -0.4 is 5.32 Å². The first kappa shape index (κ1) is 18.8. The number of ether oxygens (including phenoxy) is 1. The van der Waals surface area contributed by atoms with Gasteiger partial charge in [0.1, 0.15) is 0 Å². The second kappa shape index (κ2) is 8.52. The minimum Gasteiger partial charge on any atom is -0.452 e. The molecule has 1 amide bonds. The average Bonchev–Trinajstić information content (AvgIpc) is 2.62. The molecule has 0 saturated carbocycles. The summed E-state index contributed by atoms with van der Waals surface area (Å²) >= 11 is 11.8. The summed E-state index contributed by atoms with van der Waals surface area (Å²) in [6.45, 7) is 1.37. The van der Waals surface area contributed by atoms with Gasteiger partial charge in [0, 0.05) is 0 Å². The summed E-state index contributed by atoms with van der Waals surface area (Å²) in [5, 5.41) is 12.3. The third-order valence-corrected chi connectivity index (χ3v) is 4.14. The highest BCUT2D eigenvalue weighted by atomic mass is 35.5. The number of hydrogen-bond acceptors (Lipinski definition) is 4. The zero-order chi connectivity index (χ0) is 18.4. The normalized spacial score (nSPS) is 11.3. The van der Waals surface area contributed by atoms with E-state index in [9.17, 15) is 9.59 Å². The molecule has 2 aromatic carbocycles. The Hall–Kier alpha value is -2.55. The molecular formula is C18H14Cl2N2O3. The highest BCUT2D eigenvalue weighted by Crippen LogP contribution is 2.25. The Balaban J connectivity index is 1.88. The second-order valence-electron chi connectivity index (χ2n) is 5.23. The van der Waals surface area contributed by atoms with Crippen molar-refractivity contribution >= 4 is 35.1 Å². The summed E-state index contributed by atoms with van der Waals surface area (Å²) < 4.78 is 4.96. The molecule has 2 rings (SSSR count). The summed E-state index contributed by atoms with van der Waals surface area (Å²) in [4.78, 5) is 23.8. The van der Waals surface area contributed by atoms with Crippen LogP contribution in [0.5, 0.6) is 0 Å². The van der Waals surface area contributed by atoms with Gasteiger partial charge in [-0.05, 0) is 48.9 Å². The van der Waals surface area contributed by atoms with Gasteiger partial charge in [-0.1, -0.05) is 29.3 Å². The van der Waals surface area contributed by atoms with Crippen molar-refractivity contribution in [2.75, 3.05) is 6.61 Å². The van der Waals surface area contributed by atoms with E-state index in [1.54, 1.807) is 25.1 Å². The third-order valence-electron chi connectivity index (χ3n) is 3.41. The lowest BCUT2D eigenvalue weighted by atomic mass is 10.1. The van der Waals surface area contributed by atoms with Crippen molar-refractivity contribution in [2.45, 2.75) is 13.0 Å². The molecule has 7 heteroatoms. The SMILES string of the molecule is C[C@H](NC(=O)COC(=O)c1ccc(C#N)cc1)c1ccc(Cl)c(Cl)c1. The number of nitriles is 1. The number of esters is 1. The number of rotatable bonds is 5. The number of benzene rings is 2. The highest BCUT2D eigenvalue weighted by Gasteiger charge is 2.14. The number of nitrogens with zero attached hydrogens (tertiary/aromatic N) is 1. The predicted molar refractivity (Wildman–Crippen MR) is 94.5 cm³/mol. The van der Waals surface area contributed by atoms with Crippen molar-refractivity contribution < 1.29 is 14.3 Å².